The zero-order chi connectivity index (χ0) is 16.3. The maximum atomic E-state index is 12.6. The Kier molecular flexibility index (Phi) is 4.94. The fourth-order valence-corrected chi connectivity index (χ4v) is 4.20. The van der Waals surface area contributed by atoms with Crippen LogP contribution in [-0.2, 0) is 17.9 Å². The molecule has 1 aliphatic carbocycles. The third-order valence-corrected chi connectivity index (χ3v) is 5.25. The van der Waals surface area contributed by atoms with Crippen molar-refractivity contribution < 1.29 is 9.18 Å². The van der Waals surface area contributed by atoms with Crippen molar-refractivity contribution in [2.24, 2.45) is 0 Å². The van der Waals surface area contributed by atoms with Gasteiger partial charge in [0, 0.05) is 26.6 Å². The van der Waals surface area contributed by atoms with E-state index in [0.717, 1.165) is 38.3 Å². The van der Waals surface area contributed by atoms with E-state index in [4.69, 9.17) is 0 Å². The van der Waals surface area contributed by atoms with E-state index in [1.807, 2.05) is 0 Å². The van der Waals surface area contributed by atoms with Gasteiger partial charge in [-0.1, -0.05) is 19.3 Å². The first-order chi connectivity index (χ1) is 11.1. The van der Waals surface area contributed by atoms with Gasteiger partial charge in [0.2, 0.25) is 5.91 Å². The van der Waals surface area contributed by atoms with Crippen LogP contribution in [0.25, 0.3) is 0 Å². The predicted molar refractivity (Wildman–Crippen MR) is 84.5 cm³/mol. The summed E-state index contributed by atoms with van der Waals surface area (Å²) >= 11 is 0. The average Bonchev–Trinajstić information content (AvgIpc) is 2.95. The SMILES string of the molecule is CC(=O)N1CCN(Cc2ncnn2CCF)CC12CCCCC2. The van der Waals surface area contributed by atoms with E-state index in [2.05, 4.69) is 19.9 Å². The van der Waals surface area contributed by atoms with Crippen LogP contribution in [0.15, 0.2) is 6.33 Å². The third kappa shape index (κ3) is 3.39. The molecule has 1 saturated carbocycles. The standard InChI is InChI=1S/C16H26FN5O/c1-14(23)21-10-9-20(12-16(21)5-3-2-4-6-16)11-15-18-13-19-22(15)8-7-17/h13H,2-12H2,1H3. The van der Waals surface area contributed by atoms with Gasteiger partial charge in [-0.15, -0.1) is 0 Å². The molecule has 1 aliphatic heterocycles. The van der Waals surface area contributed by atoms with E-state index >= 15 is 0 Å². The molecule has 128 valence electrons. The monoisotopic (exact) mass is 323 g/mol. The van der Waals surface area contributed by atoms with E-state index in [1.165, 1.54) is 25.6 Å². The van der Waals surface area contributed by atoms with Gasteiger partial charge >= 0.3 is 0 Å². The first-order valence-corrected chi connectivity index (χ1v) is 8.58. The van der Waals surface area contributed by atoms with Crippen molar-refractivity contribution in [3.8, 4) is 0 Å². The van der Waals surface area contributed by atoms with Crippen LogP contribution < -0.4 is 0 Å². The molecule has 23 heavy (non-hydrogen) atoms. The van der Waals surface area contributed by atoms with E-state index in [0.29, 0.717) is 6.54 Å². The van der Waals surface area contributed by atoms with Crippen LogP contribution in [0.2, 0.25) is 0 Å². The molecule has 2 heterocycles. The third-order valence-electron chi connectivity index (χ3n) is 5.25. The van der Waals surface area contributed by atoms with Crippen LogP contribution in [0.1, 0.15) is 44.9 Å². The molecule has 0 aromatic carbocycles. The highest BCUT2D eigenvalue weighted by molar-refractivity contribution is 5.74. The van der Waals surface area contributed by atoms with Crippen molar-refractivity contribution in [2.75, 3.05) is 26.3 Å². The second-order valence-electron chi connectivity index (χ2n) is 6.75. The van der Waals surface area contributed by atoms with Crippen molar-refractivity contribution in [2.45, 2.75) is 57.7 Å². The first kappa shape index (κ1) is 16.4. The Bertz CT molecular complexity index is 540. The smallest absolute Gasteiger partial charge is 0.219 e. The summed E-state index contributed by atoms with van der Waals surface area (Å²) in [4.78, 5) is 20.8. The van der Waals surface area contributed by atoms with Gasteiger partial charge in [-0.2, -0.15) is 5.10 Å². The summed E-state index contributed by atoms with van der Waals surface area (Å²) in [6.45, 7) is 4.68. The molecule has 2 aliphatic rings. The molecule has 0 unspecified atom stereocenters. The Balaban J connectivity index is 1.72. The minimum atomic E-state index is -0.432. The van der Waals surface area contributed by atoms with Crippen molar-refractivity contribution >= 4 is 5.91 Å². The van der Waals surface area contributed by atoms with Gasteiger partial charge in [-0.05, 0) is 12.8 Å². The Morgan fingerprint density at radius 2 is 2.09 bits per heavy atom. The highest BCUT2D eigenvalue weighted by Gasteiger charge is 2.43. The van der Waals surface area contributed by atoms with E-state index < -0.39 is 6.67 Å². The summed E-state index contributed by atoms with van der Waals surface area (Å²) < 4.78 is 14.2. The van der Waals surface area contributed by atoms with Crippen LogP contribution >= 0.6 is 0 Å². The Labute approximate surface area is 136 Å². The second-order valence-corrected chi connectivity index (χ2v) is 6.75. The van der Waals surface area contributed by atoms with Crippen molar-refractivity contribution in [3.63, 3.8) is 0 Å². The topological polar surface area (TPSA) is 54.3 Å². The summed E-state index contributed by atoms with van der Waals surface area (Å²) in [5, 5.41) is 4.09. The number of carbonyl (C=O) groups is 1. The molecule has 0 atom stereocenters. The molecule has 0 radical (unpaired) electrons. The Morgan fingerprint density at radius 3 is 2.78 bits per heavy atom. The summed E-state index contributed by atoms with van der Waals surface area (Å²) in [6, 6.07) is 0. The molecule has 1 spiro atoms. The van der Waals surface area contributed by atoms with Gasteiger partial charge in [0.25, 0.3) is 0 Å². The van der Waals surface area contributed by atoms with Gasteiger partial charge in [0.05, 0.1) is 18.6 Å². The number of alkyl halides is 1. The lowest BCUT2D eigenvalue weighted by Crippen LogP contribution is -2.64. The molecule has 2 fully saturated rings. The number of aromatic nitrogens is 3. The molecule has 6 nitrogen and oxygen atoms in total. The van der Waals surface area contributed by atoms with E-state index in [9.17, 15) is 9.18 Å². The second kappa shape index (κ2) is 6.95. The first-order valence-electron chi connectivity index (χ1n) is 8.58. The molecular weight excluding hydrogens is 297 g/mol. The van der Waals surface area contributed by atoms with Gasteiger partial charge in [-0.3, -0.25) is 9.69 Å². The zero-order valence-electron chi connectivity index (χ0n) is 13.9. The Morgan fingerprint density at radius 1 is 1.30 bits per heavy atom. The van der Waals surface area contributed by atoms with Crippen LogP contribution in [0.4, 0.5) is 4.39 Å². The normalized spacial score (nSPS) is 21.7. The fourth-order valence-electron chi connectivity index (χ4n) is 4.20. The zero-order valence-corrected chi connectivity index (χ0v) is 13.9. The molecule has 1 amide bonds. The minimum absolute atomic E-state index is 0.0206. The molecule has 3 rings (SSSR count). The van der Waals surface area contributed by atoms with Gasteiger partial charge < -0.3 is 4.90 Å². The fraction of sp³-hybridized carbons (Fsp3) is 0.812. The van der Waals surface area contributed by atoms with Crippen molar-refractivity contribution in [1.82, 2.24) is 24.6 Å². The summed E-state index contributed by atoms with van der Waals surface area (Å²) in [7, 11) is 0. The van der Waals surface area contributed by atoms with Crippen LogP contribution in [0.5, 0.6) is 0 Å². The summed E-state index contributed by atoms with van der Waals surface area (Å²) in [6.07, 6.45) is 7.30. The largest absolute Gasteiger partial charge is 0.335 e. The Hall–Kier alpha value is -1.50. The quantitative estimate of drug-likeness (QED) is 0.845. The van der Waals surface area contributed by atoms with E-state index in [-0.39, 0.29) is 18.0 Å². The van der Waals surface area contributed by atoms with Crippen molar-refractivity contribution in [3.05, 3.63) is 12.2 Å². The summed E-state index contributed by atoms with van der Waals surface area (Å²) in [5.41, 5.74) is -0.0206. The molecule has 0 bridgehead atoms. The molecule has 1 aromatic rings. The highest BCUT2D eigenvalue weighted by Crippen LogP contribution is 2.37. The lowest BCUT2D eigenvalue weighted by molar-refractivity contribution is -0.142. The molecule has 1 saturated heterocycles. The maximum absolute atomic E-state index is 12.6. The number of amides is 1. The van der Waals surface area contributed by atoms with Crippen molar-refractivity contribution in [1.29, 1.82) is 0 Å². The van der Waals surface area contributed by atoms with Crippen LogP contribution in [0, 0.1) is 0 Å². The van der Waals surface area contributed by atoms with Crippen LogP contribution in [0.3, 0.4) is 0 Å². The number of hydrogen-bond acceptors (Lipinski definition) is 4. The maximum Gasteiger partial charge on any atom is 0.219 e. The number of hydrogen-bond donors (Lipinski definition) is 0. The lowest BCUT2D eigenvalue weighted by atomic mass is 9.78. The number of carbonyl (C=O) groups excluding carboxylic acids is 1. The molecule has 0 N–H and O–H groups in total. The van der Waals surface area contributed by atoms with E-state index in [1.54, 1.807) is 11.6 Å². The molecule has 1 aromatic heterocycles. The average molecular weight is 323 g/mol. The van der Waals surface area contributed by atoms with Gasteiger partial charge in [-0.25, -0.2) is 14.1 Å². The number of rotatable bonds is 4. The lowest BCUT2D eigenvalue weighted by Gasteiger charge is -2.52. The van der Waals surface area contributed by atoms with Crippen LogP contribution in [-0.4, -0.2) is 62.3 Å². The minimum Gasteiger partial charge on any atom is -0.335 e. The van der Waals surface area contributed by atoms with Gasteiger partial charge in [0.1, 0.15) is 18.8 Å². The molecular formula is C16H26FN5O. The number of halogens is 1. The predicted octanol–water partition coefficient (Wildman–Crippen LogP) is 1.61. The number of piperazine rings is 1. The van der Waals surface area contributed by atoms with Gasteiger partial charge in [0.15, 0.2) is 0 Å². The molecule has 7 heteroatoms. The highest BCUT2D eigenvalue weighted by atomic mass is 19.1. The number of aryl methyl sites for hydroxylation is 1. The summed E-state index contributed by atoms with van der Waals surface area (Å²) in [5.74, 6) is 0.997. The number of nitrogens with zero attached hydrogens (tertiary/aromatic N) is 5.